The summed E-state index contributed by atoms with van der Waals surface area (Å²) in [7, 11) is 0. The lowest BCUT2D eigenvalue weighted by Gasteiger charge is -2.32. The van der Waals surface area contributed by atoms with Gasteiger partial charge in [0.1, 0.15) is 0 Å². The second-order valence-corrected chi connectivity index (χ2v) is 5.88. The second-order valence-electron chi connectivity index (χ2n) is 5.23. The standard InChI is InChI=1S/C14H17BrN2O3/c1-10-5-12(7-13(6-10)17(19)20)14(18)16-4-2-3-11(8-15)9-16/h5-7,11H,2-4,8-9H2,1H3. The number of nitrogens with zero attached hydrogens (tertiary/aromatic N) is 2. The molecule has 0 N–H and O–H groups in total. The van der Waals surface area contributed by atoms with Crippen molar-refractivity contribution in [3.8, 4) is 0 Å². The molecular formula is C14H17BrN2O3. The van der Waals surface area contributed by atoms with E-state index in [1.165, 1.54) is 12.1 Å². The molecule has 6 heteroatoms. The van der Waals surface area contributed by atoms with Crippen LogP contribution in [0.25, 0.3) is 0 Å². The number of carbonyl (C=O) groups excluding carboxylic acids is 1. The van der Waals surface area contributed by atoms with Gasteiger partial charge < -0.3 is 4.90 Å². The Labute approximate surface area is 126 Å². The van der Waals surface area contributed by atoms with Crippen LogP contribution < -0.4 is 0 Å². The first-order chi connectivity index (χ1) is 9.51. The molecule has 1 aliphatic rings. The maximum absolute atomic E-state index is 12.5. The van der Waals surface area contributed by atoms with E-state index in [2.05, 4.69) is 15.9 Å². The first-order valence-corrected chi connectivity index (χ1v) is 7.74. The lowest BCUT2D eigenvalue weighted by molar-refractivity contribution is -0.384. The highest BCUT2D eigenvalue weighted by atomic mass is 79.9. The van der Waals surface area contributed by atoms with Gasteiger partial charge in [0.25, 0.3) is 11.6 Å². The van der Waals surface area contributed by atoms with Gasteiger partial charge in [-0.05, 0) is 37.3 Å². The van der Waals surface area contributed by atoms with Crippen LogP contribution in [-0.4, -0.2) is 34.2 Å². The Bertz CT molecular complexity index is 533. The third-order valence-corrected chi connectivity index (χ3v) is 4.46. The lowest BCUT2D eigenvalue weighted by atomic mass is 9.99. The van der Waals surface area contributed by atoms with Crippen LogP contribution in [0, 0.1) is 23.0 Å². The fourth-order valence-electron chi connectivity index (χ4n) is 2.55. The van der Waals surface area contributed by atoms with Gasteiger partial charge >= 0.3 is 0 Å². The van der Waals surface area contributed by atoms with E-state index < -0.39 is 4.92 Å². The van der Waals surface area contributed by atoms with E-state index >= 15 is 0 Å². The summed E-state index contributed by atoms with van der Waals surface area (Å²) in [4.78, 5) is 24.7. The van der Waals surface area contributed by atoms with Crippen molar-refractivity contribution in [2.24, 2.45) is 5.92 Å². The number of non-ortho nitro benzene ring substituents is 1. The van der Waals surface area contributed by atoms with Gasteiger partial charge in [0.05, 0.1) is 4.92 Å². The van der Waals surface area contributed by atoms with Gasteiger partial charge in [-0.2, -0.15) is 0 Å². The number of amides is 1. The zero-order chi connectivity index (χ0) is 14.7. The van der Waals surface area contributed by atoms with Gasteiger partial charge in [0, 0.05) is 36.1 Å². The molecule has 0 bridgehead atoms. The fraction of sp³-hybridized carbons (Fsp3) is 0.500. The Balaban J connectivity index is 2.22. The lowest BCUT2D eigenvalue weighted by Crippen LogP contribution is -2.40. The van der Waals surface area contributed by atoms with Gasteiger partial charge in [0.15, 0.2) is 0 Å². The van der Waals surface area contributed by atoms with E-state index in [1.54, 1.807) is 17.9 Å². The Morgan fingerprint density at radius 3 is 2.90 bits per heavy atom. The van der Waals surface area contributed by atoms with E-state index in [0.717, 1.165) is 30.3 Å². The maximum Gasteiger partial charge on any atom is 0.270 e. The summed E-state index contributed by atoms with van der Waals surface area (Å²) in [6, 6.07) is 4.56. The monoisotopic (exact) mass is 340 g/mol. The molecule has 1 aliphatic heterocycles. The largest absolute Gasteiger partial charge is 0.338 e. The van der Waals surface area contributed by atoms with Crippen molar-refractivity contribution in [3.63, 3.8) is 0 Å². The number of hydrogen-bond donors (Lipinski definition) is 0. The van der Waals surface area contributed by atoms with Gasteiger partial charge in [-0.25, -0.2) is 0 Å². The van der Waals surface area contributed by atoms with E-state index in [1.807, 2.05) is 0 Å². The fourth-order valence-corrected chi connectivity index (χ4v) is 3.08. The van der Waals surface area contributed by atoms with Crippen LogP contribution in [0.1, 0.15) is 28.8 Å². The molecule has 1 atom stereocenters. The second kappa shape index (κ2) is 6.35. The number of hydrogen-bond acceptors (Lipinski definition) is 3. The van der Waals surface area contributed by atoms with Crippen molar-refractivity contribution in [3.05, 3.63) is 39.4 Å². The summed E-state index contributed by atoms with van der Waals surface area (Å²) in [6.45, 7) is 3.21. The first-order valence-electron chi connectivity index (χ1n) is 6.62. The minimum absolute atomic E-state index is 0.0256. The maximum atomic E-state index is 12.5. The van der Waals surface area contributed by atoms with Crippen LogP contribution in [0.5, 0.6) is 0 Å². The molecule has 1 amide bonds. The molecule has 1 heterocycles. The number of alkyl halides is 1. The van der Waals surface area contributed by atoms with E-state index in [0.29, 0.717) is 18.0 Å². The molecule has 1 fully saturated rings. The summed E-state index contributed by atoms with van der Waals surface area (Å²) in [5.41, 5.74) is 1.12. The average molecular weight is 341 g/mol. The molecule has 0 spiro atoms. The third-order valence-electron chi connectivity index (χ3n) is 3.54. The highest BCUT2D eigenvalue weighted by Gasteiger charge is 2.25. The number of aryl methyl sites for hydroxylation is 1. The highest BCUT2D eigenvalue weighted by molar-refractivity contribution is 9.09. The zero-order valence-corrected chi connectivity index (χ0v) is 12.9. The Morgan fingerprint density at radius 2 is 2.25 bits per heavy atom. The van der Waals surface area contributed by atoms with Gasteiger partial charge in [0.2, 0.25) is 0 Å². The molecule has 1 saturated heterocycles. The SMILES string of the molecule is Cc1cc(C(=O)N2CCCC(CBr)C2)cc([N+](=O)[O-])c1. The van der Waals surface area contributed by atoms with Crippen LogP contribution in [-0.2, 0) is 0 Å². The Morgan fingerprint density at radius 1 is 1.50 bits per heavy atom. The van der Waals surface area contributed by atoms with Crippen LogP contribution in [0.4, 0.5) is 5.69 Å². The number of rotatable bonds is 3. The molecule has 0 radical (unpaired) electrons. The summed E-state index contributed by atoms with van der Waals surface area (Å²) in [5, 5.41) is 11.8. The molecule has 0 aromatic heterocycles. The molecule has 1 aromatic rings. The van der Waals surface area contributed by atoms with Crippen molar-refractivity contribution >= 4 is 27.5 Å². The number of nitro groups is 1. The zero-order valence-electron chi connectivity index (χ0n) is 11.3. The average Bonchev–Trinajstić information content (AvgIpc) is 2.45. The van der Waals surface area contributed by atoms with Crippen molar-refractivity contribution in [1.29, 1.82) is 0 Å². The summed E-state index contributed by atoms with van der Waals surface area (Å²) < 4.78 is 0. The van der Waals surface area contributed by atoms with Crippen molar-refractivity contribution in [2.45, 2.75) is 19.8 Å². The predicted octanol–water partition coefficient (Wildman–Crippen LogP) is 3.15. The number of carbonyl (C=O) groups is 1. The molecule has 1 unspecified atom stereocenters. The van der Waals surface area contributed by atoms with Crippen LogP contribution in [0.2, 0.25) is 0 Å². The quantitative estimate of drug-likeness (QED) is 0.482. The smallest absolute Gasteiger partial charge is 0.270 e. The number of nitro benzene ring substituents is 1. The van der Waals surface area contributed by atoms with Crippen LogP contribution in [0.15, 0.2) is 18.2 Å². The summed E-state index contributed by atoms with van der Waals surface area (Å²) >= 11 is 3.46. The number of halogens is 1. The molecule has 5 nitrogen and oxygen atoms in total. The van der Waals surface area contributed by atoms with E-state index in [4.69, 9.17) is 0 Å². The summed E-state index contributed by atoms with van der Waals surface area (Å²) in [5.74, 6) is 0.356. The van der Waals surface area contributed by atoms with Gasteiger partial charge in [-0.15, -0.1) is 0 Å². The molecule has 108 valence electrons. The third kappa shape index (κ3) is 3.36. The first kappa shape index (κ1) is 15.0. The topological polar surface area (TPSA) is 63.5 Å². The molecule has 0 saturated carbocycles. The minimum Gasteiger partial charge on any atom is -0.338 e. The van der Waals surface area contributed by atoms with Crippen LogP contribution >= 0.6 is 15.9 Å². The minimum atomic E-state index is -0.457. The highest BCUT2D eigenvalue weighted by Crippen LogP contribution is 2.22. The Kier molecular flexibility index (Phi) is 4.75. The van der Waals surface area contributed by atoms with Crippen molar-refractivity contribution < 1.29 is 9.72 Å². The molecule has 20 heavy (non-hydrogen) atoms. The molecule has 1 aromatic carbocycles. The number of likely N-dealkylation sites (tertiary alicyclic amines) is 1. The molecule has 0 aliphatic carbocycles. The Hall–Kier alpha value is -1.43. The van der Waals surface area contributed by atoms with Gasteiger partial charge in [-0.3, -0.25) is 14.9 Å². The van der Waals surface area contributed by atoms with Crippen molar-refractivity contribution in [1.82, 2.24) is 4.90 Å². The number of benzene rings is 1. The predicted molar refractivity (Wildman–Crippen MR) is 80.3 cm³/mol. The van der Waals surface area contributed by atoms with Crippen LogP contribution in [0.3, 0.4) is 0 Å². The molecule has 2 rings (SSSR count). The van der Waals surface area contributed by atoms with Gasteiger partial charge in [-0.1, -0.05) is 15.9 Å². The van der Waals surface area contributed by atoms with Crippen molar-refractivity contribution in [2.75, 3.05) is 18.4 Å². The normalized spacial score (nSPS) is 18.9. The van der Waals surface area contributed by atoms with E-state index in [9.17, 15) is 14.9 Å². The van der Waals surface area contributed by atoms with E-state index in [-0.39, 0.29) is 11.6 Å². The summed E-state index contributed by atoms with van der Waals surface area (Å²) in [6.07, 6.45) is 2.10. The number of piperidine rings is 1. The molecular weight excluding hydrogens is 324 g/mol.